The van der Waals surface area contributed by atoms with Crippen molar-refractivity contribution in [1.29, 1.82) is 0 Å². The maximum atomic E-state index is 2.37. The topological polar surface area (TPSA) is 0 Å². The van der Waals surface area contributed by atoms with Crippen molar-refractivity contribution in [1.82, 2.24) is 0 Å². The lowest BCUT2D eigenvalue weighted by molar-refractivity contribution is 0.550. The van der Waals surface area contributed by atoms with Gasteiger partial charge in [-0.3, -0.25) is 0 Å². The van der Waals surface area contributed by atoms with Crippen molar-refractivity contribution in [2.75, 3.05) is 0 Å². The summed E-state index contributed by atoms with van der Waals surface area (Å²) in [6.07, 6.45) is 9.65. The Morgan fingerprint density at radius 1 is 0.812 bits per heavy atom. The van der Waals surface area contributed by atoms with Gasteiger partial charge in [0.25, 0.3) is 0 Å². The van der Waals surface area contributed by atoms with E-state index in [2.05, 4.69) is 50.3 Å². The lowest BCUT2D eigenvalue weighted by Gasteiger charge is -2.17. The number of rotatable bonds is 0. The van der Waals surface area contributed by atoms with Crippen LogP contribution in [0.3, 0.4) is 0 Å². The molecular formula is C16H22. The van der Waals surface area contributed by atoms with E-state index in [9.17, 15) is 0 Å². The zero-order valence-corrected chi connectivity index (χ0v) is 10.4. The molecule has 0 amide bonds. The zero-order chi connectivity index (χ0) is 11.4. The third kappa shape index (κ3) is 2.98. The van der Waals surface area contributed by atoms with E-state index in [-0.39, 0.29) is 0 Å². The molecule has 1 aliphatic rings. The fraction of sp³-hybridized carbons (Fsp3) is 0.500. The maximum Gasteiger partial charge on any atom is -0.0247 e. The SMILES string of the molecule is CC1C/C=C\CC(C)Cc2ccccc2C1. The van der Waals surface area contributed by atoms with Crippen molar-refractivity contribution in [3.05, 3.63) is 47.5 Å². The smallest absolute Gasteiger partial charge is 0.0247 e. The first-order valence-electron chi connectivity index (χ1n) is 6.47. The second kappa shape index (κ2) is 5.34. The highest BCUT2D eigenvalue weighted by atomic mass is 14.2. The molecule has 1 aromatic rings. The standard InChI is InChI=1S/C16H22/c1-13-7-3-4-8-14(2)12-16-10-6-5-9-15(16)11-13/h3-6,9-10,13-14H,7-8,11-12H2,1-2H3/b4-3-. The molecule has 86 valence electrons. The monoisotopic (exact) mass is 214 g/mol. The highest BCUT2D eigenvalue weighted by molar-refractivity contribution is 5.28. The van der Waals surface area contributed by atoms with Crippen LogP contribution in [0.5, 0.6) is 0 Å². The summed E-state index contributed by atoms with van der Waals surface area (Å²) in [5.41, 5.74) is 3.13. The second-order valence-corrected chi connectivity index (χ2v) is 5.33. The first-order chi connectivity index (χ1) is 7.75. The summed E-state index contributed by atoms with van der Waals surface area (Å²) in [5.74, 6) is 1.54. The molecule has 0 aliphatic heterocycles. The maximum absolute atomic E-state index is 2.37. The van der Waals surface area contributed by atoms with Crippen LogP contribution in [0.1, 0.15) is 37.8 Å². The number of fused-ring (bicyclic) bond motifs is 1. The molecule has 0 fully saturated rings. The molecule has 0 spiro atoms. The average Bonchev–Trinajstić information content (AvgIpc) is 2.27. The van der Waals surface area contributed by atoms with Crippen LogP contribution in [0.2, 0.25) is 0 Å². The van der Waals surface area contributed by atoms with Crippen molar-refractivity contribution in [2.24, 2.45) is 11.8 Å². The molecule has 0 saturated heterocycles. The van der Waals surface area contributed by atoms with Crippen LogP contribution in [-0.2, 0) is 12.8 Å². The average molecular weight is 214 g/mol. The number of hydrogen-bond donors (Lipinski definition) is 0. The van der Waals surface area contributed by atoms with E-state index in [4.69, 9.17) is 0 Å². The van der Waals surface area contributed by atoms with Crippen molar-refractivity contribution >= 4 is 0 Å². The van der Waals surface area contributed by atoms with Crippen molar-refractivity contribution in [3.63, 3.8) is 0 Å². The van der Waals surface area contributed by atoms with Crippen molar-refractivity contribution in [2.45, 2.75) is 39.5 Å². The Hall–Kier alpha value is -1.04. The van der Waals surface area contributed by atoms with Gasteiger partial charge in [-0.25, -0.2) is 0 Å². The Labute approximate surface area is 99.4 Å². The molecule has 16 heavy (non-hydrogen) atoms. The molecular weight excluding hydrogens is 192 g/mol. The summed E-state index contributed by atoms with van der Waals surface area (Å²) in [4.78, 5) is 0. The van der Waals surface area contributed by atoms with E-state index in [0.29, 0.717) is 0 Å². The van der Waals surface area contributed by atoms with Crippen molar-refractivity contribution in [3.8, 4) is 0 Å². The molecule has 1 aliphatic carbocycles. The Morgan fingerprint density at radius 2 is 1.25 bits per heavy atom. The van der Waals surface area contributed by atoms with E-state index in [1.165, 1.54) is 25.7 Å². The normalized spacial score (nSPS) is 28.1. The highest BCUT2D eigenvalue weighted by Gasteiger charge is 2.10. The second-order valence-electron chi connectivity index (χ2n) is 5.33. The van der Waals surface area contributed by atoms with Gasteiger partial charge in [0.2, 0.25) is 0 Å². The van der Waals surface area contributed by atoms with Crippen LogP contribution in [0.15, 0.2) is 36.4 Å². The van der Waals surface area contributed by atoms with Crippen LogP contribution in [0, 0.1) is 11.8 Å². The predicted octanol–water partition coefficient (Wildman–Crippen LogP) is 4.39. The molecule has 0 heterocycles. The molecule has 2 unspecified atom stereocenters. The fourth-order valence-electron chi connectivity index (χ4n) is 2.53. The summed E-state index contributed by atoms with van der Waals surface area (Å²) < 4.78 is 0. The minimum atomic E-state index is 0.769. The molecule has 0 N–H and O–H groups in total. The van der Waals surface area contributed by atoms with Gasteiger partial charge in [0.15, 0.2) is 0 Å². The van der Waals surface area contributed by atoms with Gasteiger partial charge in [0.1, 0.15) is 0 Å². The molecule has 0 bridgehead atoms. The number of benzene rings is 1. The highest BCUT2D eigenvalue weighted by Crippen LogP contribution is 2.22. The third-order valence-corrected chi connectivity index (χ3v) is 3.50. The van der Waals surface area contributed by atoms with Crippen LogP contribution in [0.4, 0.5) is 0 Å². The lowest BCUT2D eigenvalue weighted by atomic mass is 9.88. The van der Waals surface area contributed by atoms with E-state index in [0.717, 1.165) is 11.8 Å². The van der Waals surface area contributed by atoms with Crippen LogP contribution >= 0.6 is 0 Å². The Morgan fingerprint density at radius 3 is 1.69 bits per heavy atom. The van der Waals surface area contributed by atoms with Gasteiger partial charge < -0.3 is 0 Å². The summed E-state index contributed by atoms with van der Waals surface area (Å²) in [6, 6.07) is 8.98. The van der Waals surface area contributed by atoms with E-state index >= 15 is 0 Å². The summed E-state index contributed by atoms with van der Waals surface area (Å²) in [6.45, 7) is 4.71. The minimum absolute atomic E-state index is 0.769. The number of hydrogen-bond acceptors (Lipinski definition) is 0. The Balaban J connectivity index is 2.24. The molecule has 0 aromatic heterocycles. The van der Waals surface area contributed by atoms with Gasteiger partial charge in [0, 0.05) is 0 Å². The first kappa shape index (κ1) is 11.4. The quantitative estimate of drug-likeness (QED) is 0.562. The van der Waals surface area contributed by atoms with Gasteiger partial charge in [-0.2, -0.15) is 0 Å². The number of allylic oxidation sites excluding steroid dienone is 2. The van der Waals surface area contributed by atoms with Gasteiger partial charge in [0.05, 0.1) is 0 Å². The van der Waals surface area contributed by atoms with Crippen LogP contribution in [-0.4, -0.2) is 0 Å². The molecule has 0 radical (unpaired) electrons. The molecule has 0 saturated carbocycles. The van der Waals surface area contributed by atoms with E-state index in [1.54, 1.807) is 11.1 Å². The molecule has 0 nitrogen and oxygen atoms in total. The first-order valence-corrected chi connectivity index (χ1v) is 6.47. The fourth-order valence-corrected chi connectivity index (χ4v) is 2.53. The van der Waals surface area contributed by atoms with E-state index in [1.807, 2.05) is 0 Å². The van der Waals surface area contributed by atoms with Gasteiger partial charge >= 0.3 is 0 Å². The van der Waals surface area contributed by atoms with Crippen molar-refractivity contribution < 1.29 is 0 Å². The largest absolute Gasteiger partial charge is 0.0883 e. The van der Waals surface area contributed by atoms with Crippen LogP contribution < -0.4 is 0 Å². The van der Waals surface area contributed by atoms with Gasteiger partial charge in [-0.15, -0.1) is 0 Å². The summed E-state index contributed by atoms with van der Waals surface area (Å²) >= 11 is 0. The summed E-state index contributed by atoms with van der Waals surface area (Å²) in [7, 11) is 0. The predicted molar refractivity (Wildman–Crippen MR) is 70.6 cm³/mol. The zero-order valence-electron chi connectivity index (χ0n) is 10.4. The molecule has 2 atom stereocenters. The molecule has 0 heteroatoms. The Bertz CT molecular complexity index is 327. The molecule has 2 rings (SSSR count). The lowest BCUT2D eigenvalue weighted by Crippen LogP contribution is -2.07. The summed E-state index contributed by atoms with van der Waals surface area (Å²) in [5, 5.41) is 0. The van der Waals surface area contributed by atoms with Gasteiger partial charge in [-0.05, 0) is 48.6 Å². The molecule has 1 aromatic carbocycles. The van der Waals surface area contributed by atoms with E-state index < -0.39 is 0 Å². The van der Waals surface area contributed by atoms with Gasteiger partial charge in [-0.1, -0.05) is 50.3 Å². The minimum Gasteiger partial charge on any atom is -0.0883 e. The van der Waals surface area contributed by atoms with Crippen LogP contribution in [0.25, 0.3) is 0 Å². The Kier molecular flexibility index (Phi) is 3.82. The third-order valence-electron chi connectivity index (χ3n) is 3.50.